The lowest BCUT2D eigenvalue weighted by Crippen LogP contribution is -2.49. The largest absolute Gasteiger partial charge is 0.416 e. The minimum absolute atomic E-state index is 0.0208. The average molecular weight is 458 g/mol. The van der Waals surface area contributed by atoms with Crippen LogP contribution in [-0.2, 0) is 15.8 Å². The van der Waals surface area contributed by atoms with Crippen molar-refractivity contribution < 1.29 is 22.8 Å². The molecule has 1 aliphatic heterocycles. The van der Waals surface area contributed by atoms with Crippen LogP contribution in [0.15, 0.2) is 54.6 Å². The third-order valence-corrected chi connectivity index (χ3v) is 5.54. The first-order valence-corrected chi connectivity index (χ1v) is 10.7. The van der Waals surface area contributed by atoms with E-state index >= 15 is 0 Å². The minimum Gasteiger partial charge on any atom is -0.368 e. The number of para-hydroxylation sites is 1. The van der Waals surface area contributed by atoms with Gasteiger partial charge in [0.2, 0.25) is 11.8 Å². The van der Waals surface area contributed by atoms with Crippen molar-refractivity contribution in [1.29, 1.82) is 5.26 Å². The minimum atomic E-state index is -4.40. The zero-order valence-corrected chi connectivity index (χ0v) is 18.1. The molecule has 0 aromatic heterocycles. The van der Waals surface area contributed by atoms with E-state index in [2.05, 4.69) is 0 Å². The van der Waals surface area contributed by atoms with E-state index in [-0.39, 0.29) is 37.6 Å². The van der Waals surface area contributed by atoms with Gasteiger partial charge in [-0.05, 0) is 30.3 Å². The van der Waals surface area contributed by atoms with Crippen molar-refractivity contribution >= 4 is 23.2 Å². The number of anilines is 2. The van der Waals surface area contributed by atoms with Crippen LogP contribution in [0.4, 0.5) is 24.5 Å². The Morgan fingerprint density at radius 3 is 2.30 bits per heavy atom. The molecule has 0 aliphatic carbocycles. The van der Waals surface area contributed by atoms with Crippen LogP contribution >= 0.6 is 0 Å². The zero-order valence-electron chi connectivity index (χ0n) is 18.1. The molecule has 0 N–H and O–H groups in total. The standard InChI is InChI=1S/C24H25F3N4O2/c25-24(26,27)19-6-4-9-21(18-19)29-14-16-30(17-15-29)22(32)10-11-23(33)31(13-5-12-28)20-7-2-1-3-8-20/h1-4,6-9,18H,5,10-11,13-17H2. The number of alkyl halides is 3. The summed E-state index contributed by atoms with van der Waals surface area (Å²) in [5.41, 5.74) is 0.458. The van der Waals surface area contributed by atoms with Gasteiger partial charge in [-0.1, -0.05) is 24.3 Å². The molecule has 1 aliphatic rings. The Labute approximate surface area is 190 Å². The third kappa shape index (κ3) is 6.48. The lowest BCUT2D eigenvalue weighted by Gasteiger charge is -2.36. The number of piperazine rings is 1. The van der Waals surface area contributed by atoms with Crippen LogP contribution in [-0.4, -0.2) is 49.4 Å². The number of carbonyl (C=O) groups excluding carboxylic acids is 2. The molecule has 6 nitrogen and oxygen atoms in total. The van der Waals surface area contributed by atoms with Crippen LogP contribution in [0.1, 0.15) is 24.8 Å². The molecule has 174 valence electrons. The second-order valence-electron chi connectivity index (χ2n) is 7.70. The SMILES string of the molecule is N#CCCN(C(=O)CCC(=O)N1CCN(c2cccc(C(F)(F)F)c2)CC1)c1ccccc1. The lowest BCUT2D eigenvalue weighted by atomic mass is 10.1. The molecule has 1 heterocycles. The van der Waals surface area contributed by atoms with Crippen LogP contribution in [0.2, 0.25) is 0 Å². The van der Waals surface area contributed by atoms with E-state index in [9.17, 15) is 22.8 Å². The van der Waals surface area contributed by atoms with Crippen molar-refractivity contribution in [1.82, 2.24) is 4.90 Å². The molecule has 1 fully saturated rings. The van der Waals surface area contributed by atoms with Gasteiger partial charge >= 0.3 is 6.18 Å². The first-order valence-electron chi connectivity index (χ1n) is 10.7. The van der Waals surface area contributed by atoms with E-state index < -0.39 is 11.7 Å². The van der Waals surface area contributed by atoms with Crippen molar-refractivity contribution in [3.05, 3.63) is 60.2 Å². The molecule has 0 radical (unpaired) electrons. The zero-order chi connectivity index (χ0) is 23.8. The number of nitriles is 1. The predicted octanol–water partition coefficient (Wildman–Crippen LogP) is 4.08. The molecular weight excluding hydrogens is 433 g/mol. The van der Waals surface area contributed by atoms with E-state index in [1.807, 2.05) is 17.0 Å². The number of benzene rings is 2. The van der Waals surface area contributed by atoms with Crippen molar-refractivity contribution in [2.24, 2.45) is 0 Å². The number of nitrogens with zero attached hydrogens (tertiary/aromatic N) is 4. The lowest BCUT2D eigenvalue weighted by molar-refractivity contribution is -0.137. The van der Waals surface area contributed by atoms with Gasteiger partial charge in [-0.25, -0.2) is 0 Å². The second-order valence-corrected chi connectivity index (χ2v) is 7.70. The molecule has 2 aromatic carbocycles. The van der Waals surface area contributed by atoms with Crippen LogP contribution in [0.5, 0.6) is 0 Å². The van der Waals surface area contributed by atoms with E-state index in [0.717, 1.165) is 12.1 Å². The number of amides is 2. The van der Waals surface area contributed by atoms with Crippen LogP contribution in [0.3, 0.4) is 0 Å². The Morgan fingerprint density at radius 1 is 0.970 bits per heavy atom. The van der Waals surface area contributed by atoms with E-state index in [4.69, 9.17) is 5.26 Å². The summed E-state index contributed by atoms with van der Waals surface area (Å²) in [6.07, 6.45) is -4.15. The first-order chi connectivity index (χ1) is 15.8. The summed E-state index contributed by atoms with van der Waals surface area (Å²) in [6, 6.07) is 16.2. The summed E-state index contributed by atoms with van der Waals surface area (Å²) in [7, 11) is 0. The topological polar surface area (TPSA) is 67.6 Å². The number of carbonyl (C=O) groups is 2. The summed E-state index contributed by atoms with van der Waals surface area (Å²) < 4.78 is 38.9. The van der Waals surface area contributed by atoms with Gasteiger partial charge in [0.1, 0.15) is 0 Å². The van der Waals surface area contributed by atoms with Gasteiger partial charge in [0, 0.05) is 56.9 Å². The van der Waals surface area contributed by atoms with Gasteiger partial charge < -0.3 is 14.7 Å². The van der Waals surface area contributed by atoms with E-state index in [1.54, 1.807) is 35.2 Å². The van der Waals surface area contributed by atoms with Gasteiger partial charge in [0.25, 0.3) is 0 Å². The monoisotopic (exact) mass is 458 g/mol. The predicted molar refractivity (Wildman–Crippen MR) is 118 cm³/mol. The normalized spacial score (nSPS) is 14.0. The molecule has 0 saturated carbocycles. The smallest absolute Gasteiger partial charge is 0.368 e. The molecule has 33 heavy (non-hydrogen) atoms. The second kappa shape index (κ2) is 10.9. The molecule has 9 heteroatoms. The van der Waals surface area contributed by atoms with Crippen LogP contribution in [0, 0.1) is 11.3 Å². The molecule has 0 atom stereocenters. The third-order valence-electron chi connectivity index (χ3n) is 5.54. The molecule has 2 aromatic rings. The summed E-state index contributed by atoms with van der Waals surface area (Å²) in [4.78, 5) is 30.3. The number of rotatable bonds is 7. The van der Waals surface area contributed by atoms with Gasteiger partial charge in [-0.15, -0.1) is 0 Å². The summed E-state index contributed by atoms with van der Waals surface area (Å²) in [5.74, 6) is -0.396. The van der Waals surface area contributed by atoms with E-state index in [1.165, 1.54) is 11.0 Å². The fourth-order valence-electron chi connectivity index (χ4n) is 3.77. The molecule has 0 unspecified atom stereocenters. The highest BCUT2D eigenvalue weighted by atomic mass is 19.4. The first kappa shape index (κ1) is 24.1. The molecule has 2 amide bonds. The maximum Gasteiger partial charge on any atom is 0.416 e. The molecular formula is C24H25F3N4O2. The molecule has 1 saturated heterocycles. The summed E-state index contributed by atoms with van der Waals surface area (Å²) >= 11 is 0. The summed E-state index contributed by atoms with van der Waals surface area (Å²) in [5, 5.41) is 8.88. The number of hydrogen-bond donors (Lipinski definition) is 0. The van der Waals surface area contributed by atoms with E-state index in [0.29, 0.717) is 37.6 Å². The maximum absolute atomic E-state index is 13.0. The van der Waals surface area contributed by atoms with Crippen LogP contribution < -0.4 is 9.80 Å². The van der Waals surface area contributed by atoms with Crippen molar-refractivity contribution in [3.8, 4) is 6.07 Å². The Balaban J connectivity index is 1.53. The number of halogens is 3. The van der Waals surface area contributed by atoms with Gasteiger partial charge in [-0.2, -0.15) is 18.4 Å². The highest BCUT2D eigenvalue weighted by Crippen LogP contribution is 2.32. The van der Waals surface area contributed by atoms with Gasteiger partial charge in [0.15, 0.2) is 0 Å². The highest BCUT2D eigenvalue weighted by Gasteiger charge is 2.31. The average Bonchev–Trinajstić information content (AvgIpc) is 2.83. The highest BCUT2D eigenvalue weighted by molar-refractivity contribution is 5.95. The van der Waals surface area contributed by atoms with Crippen LogP contribution in [0.25, 0.3) is 0 Å². The maximum atomic E-state index is 13.0. The Kier molecular flexibility index (Phi) is 7.93. The Morgan fingerprint density at radius 2 is 1.67 bits per heavy atom. The Bertz CT molecular complexity index is 997. The van der Waals surface area contributed by atoms with Crippen molar-refractivity contribution in [2.45, 2.75) is 25.4 Å². The van der Waals surface area contributed by atoms with Gasteiger partial charge in [0.05, 0.1) is 18.1 Å². The fourth-order valence-corrected chi connectivity index (χ4v) is 3.77. The fraction of sp³-hybridized carbons (Fsp3) is 0.375. The van der Waals surface area contributed by atoms with Gasteiger partial charge in [-0.3, -0.25) is 9.59 Å². The Hall–Kier alpha value is -3.54. The molecule has 0 spiro atoms. The number of hydrogen-bond acceptors (Lipinski definition) is 4. The van der Waals surface area contributed by atoms with Crippen molar-refractivity contribution in [2.75, 3.05) is 42.5 Å². The quantitative estimate of drug-likeness (QED) is 0.627. The van der Waals surface area contributed by atoms with Crippen molar-refractivity contribution in [3.63, 3.8) is 0 Å². The molecule has 3 rings (SSSR count). The molecule has 0 bridgehead atoms. The summed E-state index contributed by atoms with van der Waals surface area (Å²) in [6.45, 7) is 1.84.